The number of aliphatic carboxylic acids is 1. The molecule has 2 aliphatic rings. The van der Waals surface area contributed by atoms with Gasteiger partial charge in [0, 0.05) is 43.3 Å². The summed E-state index contributed by atoms with van der Waals surface area (Å²) in [5.41, 5.74) is 1.39. The average molecular weight is 584 g/mol. The van der Waals surface area contributed by atoms with Gasteiger partial charge in [0.15, 0.2) is 5.82 Å². The second-order valence-corrected chi connectivity index (χ2v) is 10.4. The minimum absolute atomic E-state index is 0.00103. The fraction of sp³-hybridized carbons (Fsp3) is 0.517. The Morgan fingerprint density at radius 3 is 2.48 bits per heavy atom. The predicted octanol–water partition coefficient (Wildman–Crippen LogP) is 2.22. The molecule has 0 unspecified atom stereocenters. The van der Waals surface area contributed by atoms with Gasteiger partial charge in [0.1, 0.15) is 11.7 Å². The Kier molecular flexibility index (Phi) is 10.8. The standard InChI is InChI=1S/C29H37N5O8/c1-2-3-15-41-29(40)42-34-13-11-33(12-14-34)28(39)22(9-10-25(36)37)32-27(38)24-17-23(21-16-20(21)18-35)30-26(31-24)19-7-5-4-6-8-19/h4-8,17,20-22,35H,2-3,9-16,18H2,1H3,(H,32,38)(H,36,37)/t20-,21+,22+/m1/s1. The number of nitrogens with one attached hydrogen (secondary N) is 1. The van der Waals surface area contributed by atoms with Crippen molar-refractivity contribution in [3.63, 3.8) is 0 Å². The third kappa shape index (κ3) is 8.46. The number of nitrogens with zero attached hydrogens (tertiary/aromatic N) is 4. The van der Waals surface area contributed by atoms with Gasteiger partial charge in [0.2, 0.25) is 5.91 Å². The van der Waals surface area contributed by atoms with Crippen molar-refractivity contribution in [2.24, 2.45) is 5.92 Å². The molecular formula is C29H37N5O8. The quantitative estimate of drug-likeness (QED) is 0.233. The summed E-state index contributed by atoms with van der Waals surface area (Å²) >= 11 is 0. The van der Waals surface area contributed by atoms with E-state index in [-0.39, 0.29) is 69.8 Å². The normalized spacial score (nSPS) is 19.0. The SMILES string of the molecule is CCCCOC(=O)ON1CCN(C(=O)[C@H](CCC(=O)O)NC(=O)c2cc([C@H]3C[C@@H]3CO)nc(-c3ccccc3)n2)CC1. The molecule has 226 valence electrons. The number of aliphatic hydroxyl groups is 1. The molecular weight excluding hydrogens is 546 g/mol. The van der Waals surface area contributed by atoms with E-state index in [1.807, 2.05) is 37.3 Å². The maximum absolute atomic E-state index is 13.4. The molecule has 1 aromatic heterocycles. The lowest BCUT2D eigenvalue weighted by atomic mass is 10.1. The van der Waals surface area contributed by atoms with Crippen LogP contribution < -0.4 is 5.32 Å². The minimum Gasteiger partial charge on any atom is -0.481 e. The highest BCUT2D eigenvalue weighted by Crippen LogP contribution is 2.46. The molecule has 1 aliphatic heterocycles. The largest absolute Gasteiger partial charge is 0.527 e. The molecule has 1 saturated carbocycles. The summed E-state index contributed by atoms with van der Waals surface area (Å²) in [4.78, 5) is 65.9. The van der Waals surface area contributed by atoms with E-state index in [2.05, 4.69) is 15.3 Å². The Morgan fingerprint density at radius 2 is 1.83 bits per heavy atom. The molecule has 2 heterocycles. The zero-order valence-corrected chi connectivity index (χ0v) is 23.6. The summed E-state index contributed by atoms with van der Waals surface area (Å²) in [6.45, 7) is 3.14. The minimum atomic E-state index is -1.11. The molecule has 1 aliphatic carbocycles. The molecule has 42 heavy (non-hydrogen) atoms. The fourth-order valence-corrected chi connectivity index (χ4v) is 4.71. The molecule has 0 bridgehead atoms. The predicted molar refractivity (Wildman–Crippen MR) is 149 cm³/mol. The Hall–Kier alpha value is -4.10. The van der Waals surface area contributed by atoms with Crippen LogP contribution in [0.4, 0.5) is 4.79 Å². The summed E-state index contributed by atoms with van der Waals surface area (Å²) in [6.07, 6.45) is 1.12. The molecule has 2 aromatic rings. The number of unbranched alkanes of at least 4 members (excludes halogenated alkanes) is 1. The van der Waals surface area contributed by atoms with Gasteiger partial charge in [-0.05, 0) is 31.2 Å². The van der Waals surface area contributed by atoms with Gasteiger partial charge in [-0.2, -0.15) is 0 Å². The van der Waals surface area contributed by atoms with Crippen molar-refractivity contribution in [1.82, 2.24) is 25.2 Å². The van der Waals surface area contributed by atoms with Crippen LogP contribution in [0.2, 0.25) is 0 Å². The number of hydrogen-bond donors (Lipinski definition) is 3. The van der Waals surface area contributed by atoms with E-state index in [1.165, 1.54) is 9.96 Å². The Bertz CT molecular complexity index is 1250. The van der Waals surface area contributed by atoms with Crippen LogP contribution in [0.5, 0.6) is 0 Å². The van der Waals surface area contributed by atoms with E-state index in [9.17, 15) is 29.4 Å². The number of rotatable bonds is 13. The molecule has 0 radical (unpaired) electrons. The average Bonchev–Trinajstić information content (AvgIpc) is 3.80. The first-order chi connectivity index (χ1) is 20.3. The Labute approximate surface area is 243 Å². The van der Waals surface area contributed by atoms with E-state index >= 15 is 0 Å². The zero-order chi connectivity index (χ0) is 30.1. The molecule has 0 spiro atoms. The van der Waals surface area contributed by atoms with E-state index in [4.69, 9.17) is 9.57 Å². The first-order valence-electron chi connectivity index (χ1n) is 14.2. The third-order valence-electron chi connectivity index (χ3n) is 7.27. The summed E-state index contributed by atoms with van der Waals surface area (Å²) < 4.78 is 5.00. The highest BCUT2D eigenvalue weighted by atomic mass is 16.8. The maximum Gasteiger partial charge on any atom is 0.527 e. The fourth-order valence-electron chi connectivity index (χ4n) is 4.71. The van der Waals surface area contributed by atoms with Crippen molar-refractivity contribution < 1.29 is 39.0 Å². The number of carboxylic acid groups (broad SMARTS) is 1. The van der Waals surface area contributed by atoms with E-state index in [0.717, 1.165) is 19.3 Å². The van der Waals surface area contributed by atoms with Crippen LogP contribution in [0.3, 0.4) is 0 Å². The van der Waals surface area contributed by atoms with Crippen molar-refractivity contribution in [3.05, 3.63) is 47.8 Å². The second kappa shape index (κ2) is 14.7. The molecule has 2 amide bonds. The Balaban J connectivity index is 1.45. The van der Waals surface area contributed by atoms with Gasteiger partial charge >= 0.3 is 12.1 Å². The molecule has 3 atom stereocenters. The topological polar surface area (TPSA) is 171 Å². The molecule has 3 N–H and O–H groups in total. The van der Waals surface area contributed by atoms with Crippen LogP contribution in [0.25, 0.3) is 11.4 Å². The lowest BCUT2D eigenvalue weighted by Gasteiger charge is -2.35. The number of carbonyl (C=O) groups excluding carboxylic acids is 3. The smallest absolute Gasteiger partial charge is 0.481 e. The van der Waals surface area contributed by atoms with Crippen molar-refractivity contribution in [2.75, 3.05) is 39.4 Å². The van der Waals surface area contributed by atoms with Crippen LogP contribution in [-0.4, -0.2) is 99.5 Å². The van der Waals surface area contributed by atoms with Gasteiger partial charge in [-0.3, -0.25) is 14.4 Å². The summed E-state index contributed by atoms with van der Waals surface area (Å²) in [7, 11) is 0. The number of piperazine rings is 1. The summed E-state index contributed by atoms with van der Waals surface area (Å²) in [5.74, 6) is -1.75. The number of carbonyl (C=O) groups is 4. The molecule has 1 saturated heterocycles. The molecule has 1 aromatic carbocycles. The van der Waals surface area contributed by atoms with Crippen LogP contribution >= 0.6 is 0 Å². The van der Waals surface area contributed by atoms with Crippen LogP contribution in [0.1, 0.15) is 61.1 Å². The second-order valence-electron chi connectivity index (χ2n) is 10.4. The monoisotopic (exact) mass is 583 g/mol. The highest BCUT2D eigenvalue weighted by Gasteiger charge is 2.40. The van der Waals surface area contributed by atoms with Crippen LogP contribution in [0, 0.1) is 5.92 Å². The van der Waals surface area contributed by atoms with Crippen molar-refractivity contribution >= 4 is 23.9 Å². The first-order valence-corrected chi connectivity index (χ1v) is 14.2. The van der Waals surface area contributed by atoms with Gasteiger partial charge in [0.25, 0.3) is 5.91 Å². The van der Waals surface area contributed by atoms with Crippen molar-refractivity contribution in [1.29, 1.82) is 0 Å². The highest BCUT2D eigenvalue weighted by molar-refractivity contribution is 5.96. The van der Waals surface area contributed by atoms with Gasteiger partial charge < -0.3 is 30.0 Å². The maximum atomic E-state index is 13.4. The lowest BCUT2D eigenvalue weighted by molar-refractivity contribution is -0.158. The number of amides is 2. The number of benzene rings is 1. The van der Waals surface area contributed by atoms with Crippen LogP contribution in [0.15, 0.2) is 36.4 Å². The Morgan fingerprint density at radius 1 is 1.10 bits per heavy atom. The number of hydrogen-bond acceptors (Lipinski definition) is 10. The van der Waals surface area contributed by atoms with Crippen molar-refractivity contribution in [2.45, 2.75) is 51.0 Å². The molecule has 2 fully saturated rings. The van der Waals surface area contributed by atoms with E-state index < -0.39 is 30.0 Å². The number of aromatic nitrogens is 2. The third-order valence-corrected chi connectivity index (χ3v) is 7.27. The number of hydroxylamine groups is 2. The molecule has 13 heteroatoms. The first kappa shape index (κ1) is 30.8. The number of carboxylic acids is 1. The molecule has 4 rings (SSSR count). The zero-order valence-electron chi connectivity index (χ0n) is 23.6. The van der Waals surface area contributed by atoms with Gasteiger partial charge in [-0.15, -0.1) is 5.06 Å². The van der Waals surface area contributed by atoms with Crippen molar-refractivity contribution in [3.8, 4) is 11.4 Å². The number of aliphatic hydroxyl groups excluding tert-OH is 1. The summed E-state index contributed by atoms with van der Waals surface area (Å²) in [6, 6.07) is 9.63. The number of ether oxygens (including phenoxy) is 1. The molecule has 13 nitrogen and oxygen atoms in total. The summed E-state index contributed by atoms with van der Waals surface area (Å²) in [5, 5.41) is 22.9. The van der Waals surface area contributed by atoms with Gasteiger partial charge in [0.05, 0.1) is 19.7 Å². The van der Waals surface area contributed by atoms with E-state index in [0.29, 0.717) is 17.1 Å². The van der Waals surface area contributed by atoms with Gasteiger partial charge in [-0.1, -0.05) is 43.7 Å². The van der Waals surface area contributed by atoms with E-state index in [1.54, 1.807) is 6.07 Å². The lowest BCUT2D eigenvalue weighted by Crippen LogP contribution is -2.55. The van der Waals surface area contributed by atoms with Crippen LogP contribution in [-0.2, 0) is 19.2 Å². The van der Waals surface area contributed by atoms with Gasteiger partial charge in [-0.25, -0.2) is 14.8 Å².